The second-order valence-electron chi connectivity index (χ2n) is 12.2. The topological polar surface area (TPSA) is 0 Å². The van der Waals surface area contributed by atoms with Gasteiger partial charge in [-0.15, -0.1) is 0 Å². The molecule has 0 saturated heterocycles. The lowest BCUT2D eigenvalue weighted by Gasteiger charge is -3.07. The molecular formula is C24H40. The number of rotatable bonds is 0. The zero-order chi connectivity index (χ0) is 17.5. The molecule has 10 atom stereocenters. The highest BCUT2D eigenvalue weighted by atomic mass is 15.1. The molecule has 0 aromatic heterocycles. The highest BCUT2D eigenvalue weighted by Gasteiger charge is 3.03. The number of fused-ring (bicyclic) bond motifs is 2. The molecule has 0 aliphatic heterocycles. The molecule has 5 aliphatic rings. The molecule has 0 N–H and O–H groups in total. The van der Waals surface area contributed by atoms with Gasteiger partial charge in [0.2, 0.25) is 0 Å². The summed E-state index contributed by atoms with van der Waals surface area (Å²) >= 11 is 0. The fourth-order valence-corrected chi connectivity index (χ4v) is 11.3. The van der Waals surface area contributed by atoms with E-state index in [4.69, 9.17) is 0 Å². The summed E-state index contributed by atoms with van der Waals surface area (Å²) < 4.78 is 0. The van der Waals surface area contributed by atoms with E-state index in [1.807, 2.05) is 0 Å². The van der Waals surface area contributed by atoms with Gasteiger partial charge in [0, 0.05) is 0 Å². The highest BCUT2D eigenvalue weighted by molar-refractivity contribution is 5.50. The van der Waals surface area contributed by atoms with E-state index in [1.165, 1.54) is 25.7 Å². The van der Waals surface area contributed by atoms with Gasteiger partial charge in [-0.3, -0.25) is 0 Å². The van der Waals surface area contributed by atoms with E-state index >= 15 is 0 Å². The molecule has 0 aromatic rings. The maximum Gasteiger partial charge on any atom is -0.0111 e. The minimum Gasteiger partial charge on any atom is -0.0625 e. The van der Waals surface area contributed by atoms with E-state index in [9.17, 15) is 0 Å². The Morgan fingerprint density at radius 3 is 2.08 bits per heavy atom. The van der Waals surface area contributed by atoms with E-state index in [1.54, 1.807) is 6.42 Å². The molecule has 5 fully saturated rings. The Morgan fingerprint density at radius 1 is 0.750 bits per heavy atom. The van der Waals surface area contributed by atoms with Crippen LogP contribution in [-0.2, 0) is 0 Å². The molecule has 0 nitrogen and oxygen atoms in total. The molecule has 5 rings (SSSR count). The molecule has 5 saturated carbocycles. The summed E-state index contributed by atoms with van der Waals surface area (Å²) in [6.07, 6.45) is 7.42. The van der Waals surface area contributed by atoms with Gasteiger partial charge in [-0.1, -0.05) is 74.7 Å². The highest BCUT2D eigenvalue weighted by Crippen LogP contribution is 3.07. The van der Waals surface area contributed by atoms with Crippen LogP contribution in [0.2, 0.25) is 0 Å². The molecule has 0 radical (unpaired) electrons. The molecule has 0 heteroatoms. The van der Waals surface area contributed by atoms with Crippen molar-refractivity contribution in [3.8, 4) is 0 Å². The fraction of sp³-hybridized carbons (Fsp3) is 1.00. The third kappa shape index (κ3) is 1.05. The van der Waals surface area contributed by atoms with Crippen molar-refractivity contribution in [2.24, 2.45) is 62.6 Å². The Labute approximate surface area is 150 Å². The third-order valence-corrected chi connectivity index (χ3v) is 12.4. The number of hydrogen-bond donors (Lipinski definition) is 0. The second kappa shape index (κ2) is 3.96. The van der Waals surface area contributed by atoms with Gasteiger partial charge >= 0.3 is 0 Å². The van der Waals surface area contributed by atoms with Crippen LogP contribution in [-0.4, -0.2) is 0 Å². The zero-order valence-electron chi connectivity index (χ0n) is 17.5. The Hall–Kier alpha value is 0. The van der Waals surface area contributed by atoms with Gasteiger partial charge in [-0.25, -0.2) is 0 Å². The first kappa shape index (κ1) is 16.2. The largest absolute Gasteiger partial charge is 0.0625 e. The van der Waals surface area contributed by atoms with Crippen molar-refractivity contribution in [3.05, 3.63) is 0 Å². The zero-order valence-corrected chi connectivity index (χ0v) is 17.5. The average Bonchev–Trinajstić information content (AvgIpc) is 2.50. The van der Waals surface area contributed by atoms with Crippen LogP contribution in [0.15, 0.2) is 0 Å². The molecule has 5 aliphatic carbocycles. The smallest absolute Gasteiger partial charge is 0.0111 e. The van der Waals surface area contributed by atoms with Crippen LogP contribution in [0.4, 0.5) is 0 Å². The van der Waals surface area contributed by atoms with E-state index in [-0.39, 0.29) is 0 Å². The van der Waals surface area contributed by atoms with Crippen molar-refractivity contribution in [2.45, 2.75) is 87.5 Å². The SMILES string of the molecule is CC1CCC(C)C2C3CC4C(C)C5(C)C43C2(C)C5(C)C(C)(C)CC1. The van der Waals surface area contributed by atoms with Crippen LogP contribution in [0.1, 0.15) is 87.5 Å². The maximum absolute atomic E-state index is 2.78. The molecule has 0 amide bonds. The number of hydrogen-bond acceptors (Lipinski definition) is 0. The van der Waals surface area contributed by atoms with Crippen molar-refractivity contribution in [3.63, 3.8) is 0 Å². The lowest BCUT2D eigenvalue weighted by Crippen LogP contribution is -3.03. The van der Waals surface area contributed by atoms with Crippen molar-refractivity contribution in [1.82, 2.24) is 0 Å². The molecule has 0 heterocycles. The van der Waals surface area contributed by atoms with Gasteiger partial charge in [0.15, 0.2) is 0 Å². The Morgan fingerprint density at radius 2 is 1.42 bits per heavy atom. The summed E-state index contributed by atoms with van der Waals surface area (Å²) in [4.78, 5) is 0. The van der Waals surface area contributed by atoms with Crippen LogP contribution in [0, 0.1) is 62.6 Å². The Balaban J connectivity index is 1.67. The monoisotopic (exact) mass is 328 g/mol. The quantitative estimate of drug-likeness (QED) is 0.459. The van der Waals surface area contributed by atoms with Gasteiger partial charge in [0.1, 0.15) is 0 Å². The predicted molar refractivity (Wildman–Crippen MR) is 102 cm³/mol. The first-order chi connectivity index (χ1) is 11.0. The van der Waals surface area contributed by atoms with Crippen molar-refractivity contribution < 1.29 is 0 Å². The van der Waals surface area contributed by atoms with Crippen LogP contribution >= 0.6 is 0 Å². The first-order valence-electron chi connectivity index (χ1n) is 11.0. The molecule has 24 heavy (non-hydrogen) atoms. The predicted octanol–water partition coefficient (Wildman–Crippen LogP) is 6.79. The van der Waals surface area contributed by atoms with E-state index in [0.29, 0.717) is 21.7 Å². The average molecular weight is 329 g/mol. The van der Waals surface area contributed by atoms with Gasteiger partial charge in [-0.05, 0) is 75.4 Å². The summed E-state index contributed by atoms with van der Waals surface area (Å²) in [6.45, 7) is 21.3. The molecule has 136 valence electrons. The summed E-state index contributed by atoms with van der Waals surface area (Å²) in [6, 6.07) is 0. The lowest BCUT2D eigenvalue weighted by atomic mass is 8.97. The summed E-state index contributed by atoms with van der Waals surface area (Å²) in [5, 5.41) is 0. The van der Waals surface area contributed by atoms with Crippen molar-refractivity contribution in [1.29, 1.82) is 0 Å². The van der Waals surface area contributed by atoms with E-state index in [0.717, 1.165) is 40.9 Å². The van der Waals surface area contributed by atoms with Crippen LogP contribution in [0.25, 0.3) is 0 Å². The molecule has 0 bridgehead atoms. The normalized spacial score (nSPS) is 69.0. The van der Waals surface area contributed by atoms with Gasteiger partial charge in [0.25, 0.3) is 0 Å². The Bertz CT molecular complexity index is 603. The minimum atomic E-state index is 0.477. The third-order valence-electron chi connectivity index (χ3n) is 12.4. The van der Waals surface area contributed by atoms with Crippen LogP contribution < -0.4 is 0 Å². The van der Waals surface area contributed by atoms with E-state index < -0.39 is 0 Å². The molecule has 0 aromatic carbocycles. The summed E-state index contributed by atoms with van der Waals surface area (Å²) in [5.74, 6) is 6.01. The van der Waals surface area contributed by atoms with Crippen LogP contribution in [0.5, 0.6) is 0 Å². The molecule has 1 spiro atoms. The summed E-state index contributed by atoms with van der Waals surface area (Å²) in [5.41, 5.74) is 3.00. The van der Waals surface area contributed by atoms with Crippen LogP contribution in [0.3, 0.4) is 0 Å². The van der Waals surface area contributed by atoms with Crippen molar-refractivity contribution >= 4 is 0 Å². The molecule has 10 unspecified atom stereocenters. The lowest BCUT2D eigenvalue weighted by molar-refractivity contribution is -0.604. The minimum absolute atomic E-state index is 0.477. The standard InChI is InChI=1S/C24H40/c1-14-9-10-15(2)19-18-13-17-16(3)21(6)23(8,20(4,5)12-11-14)22(19,7)24(17,18)21/h14-19H,9-13H2,1-8H3. The fourth-order valence-electron chi connectivity index (χ4n) is 11.3. The Kier molecular flexibility index (Phi) is 2.67. The second-order valence-corrected chi connectivity index (χ2v) is 12.2. The molecular weight excluding hydrogens is 288 g/mol. The maximum atomic E-state index is 2.78. The first-order valence-corrected chi connectivity index (χ1v) is 11.0. The van der Waals surface area contributed by atoms with Gasteiger partial charge in [-0.2, -0.15) is 0 Å². The summed E-state index contributed by atoms with van der Waals surface area (Å²) in [7, 11) is 0. The van der Waals surface area contributed by atoms with Gasteiger partial charge < -0.3 is 0 Å². The van der Waals surface area contributed by atoms with Crippen molar-refractivity contribution in [2.75, 3.05) is 0 Å². The van der Waals surface area contributed by atoms with Gasteiger partial charge in [0.05, 0.1) is 0 Å². The van der Waals surface area contributed by atoms with E-state index in [2.05, 4.69) is 55.4 Å².